The number of nitrogens with one attached hydrogen (secondary N) is 1. The molecule has 0 unspecified atom stereocenters. The molecule has 0 bridgehead atoms. The van der Waals surface area contributed by atoms with E-state index in [4.69, 9.17) is 0 Å². The van der Waals surface area contributed by atoms with Crippen molar-refractivity contribution in [2.75, 3.05) is 31.6 Å². The molecule has 1 aromatic rings. The van der Waals surface area contributed by atoms with Gasteiger partial charge in [-0.15, -0.1) is 0 Å². The second-order valence-electron chi connectivity index (χ2n) is 4.34. The van der Waals surface area contributed by atoms with Gasteiger partial charge < -0.3 is 10.2 Å². The third-order valence-electron chi connectivity index (χ3n) is 2.98. The Morgan fingerprint density at radius 3 is 2.73 bits per heavy atom. The lowest BCUT2D eigenvalue weighted by Crippen LogP contribution is -2.47. The van der Waals surface area contributed by atoms with Crippen molar-refractivity contribution in [1.82, 2.24) is 5.32 Å². The van der Waals surface area contributed by atoms with Gasteiger partial charge in [0.1, 0.15) is 5.82 Å². The molecule has 0 radical (unpaired) electrons. The number of nitrogens with zero attached hydrogens (tertiary/aromatic N) is 1. The highest BCUT2D eigenvalue weighted by Gasteiger charge is 2.18. The SMILES string of the molecule is Cc1cc(N(C)CC2CNC2)ccc1F. The van der Waals surface area contributed by atoms with Crippen LogP contribution in [0.15, 0.2) is 18.2 Å². The summed E-state index contributed by atoms with van der Waals surface area (Å²) in [6.45, 7) is 5.05. The van der Waals surface area contributed by atoms with Gasteiger partial charge in [-0.1, -0.05) is 0 Å². The summed E-state index contributed by atoms with van der Waals surface area (Å²) in [4.78, 5) is 2.19. The number of hydrogen-bond acceptors (Lipinski definition) is 2. The summed E-state index contributed by atoms with van der Waals surface area (Å²) in [7, 11) is 2.06. The van der Waals surface area contributed by atoms with E-state index in [1.54, 1.807) is 13.0 Å². The maximum absolute atomic E-state index is 13.1. The minimum absolute atomic E-state index is 0.127. The summed E-state index contributed by atoms with van der Waals surface area (Å²) < 4.78 is 13.1. The Morgan fingerprint density at radius 2 is 2.20 bits per heavy atom. The molecule has 0 spiro atoms. The van der Waals surface area contributed by atoms with Gasteiger partial charge in [0.25, 0.3) is 0 Å². The molecule has 0 atom stereocenters. The maximum atomic E-state index is 13.1. The summed E-state index contributed by atoms with van der Waals surface area (Å²) in [5.41, 5.74) is 1.81. The summed E-state index contributed by atoms with van der Waals surface area (Å²) in [6.07, 6.45) is 0. The van der Waals surface area contributed by atoms with Crippen LogP contribution in [0.2, 0.25) is 0 Å². The molecule has 3 heteroatoms. The van der Waals surface area contributed by atoms with E-state index in [2.05, 4.69) is 17.3 Å². The maximum Gasteiger partial charge on any atom is 0.126 e. The zero-order chi connectivity index (χ0) is 10.8. The summed E-state index contributed by atoms with van der Waals surface area (Å²) in [6, 6.07) is 5.29. The minimum atomic E-state index is -0.127. The molecule has 15 heavy (non-hydrogen) atoms. The van der Waals surface area contributed by atoms with Crippen molar-refractivity contribution in [2.45, 2.75) is 6.92 Å². The molecule has 0 amide bonds. The van der Waals surface area contributed by atoms with E-state index in [1.165, 1.54) is 0 Å². The van der Waals surface area contributed by atoms with Crippen LogP contribution in [0.3, 0.4) is 0 Å². The first-order valence-electron chi connectivity index (χ1n) is 5.35. The van der Waals surface area contributed by atoms with Gasteiger partial charge >= 0.3 is 0 Å². The fraction of sp³-hybridized carbons (Fsp3) is 0.500. The van der Waals surface area contributed by atoms with Crippen molar-refractivity contribution >= 4 is 5.69 Å². The number of hydrogen-bond donors (Lipinski definition) is 1. The predicted molar refractivity (Wildman–Crippen MR) is 60.8 cm³/mol. The molecule has 2 rings (SSSR count). The van der Waals surface area contributed by atoms with Gasteiger partial charge in [-0.3, -0.25) is 0 Å². The van der Waals surface area contributed by atoms with Gasteiger partial charge in [-0.05, 0) is 30.7 Å². The number of anilines is 1. The molecule has 1 fully saturated rings. The molecular weight excluding hydrogens is 191 g/mol. The van der Waals surface area contributed by atoms with Gasteiger partial charge in [-0.2, -0.15) is 0 Å². The van der Waals surface area contributed by atoms with Crippen LogP contribution in [0.4, 0.5) is 10.1 Å². The lowest BCUT2D eigenvalue weighted by molar-refractivity contribution is 0.353. The largest absolute Gasteiger partial charge is 0.374 e. The number of halogens is 1. The van der Waals surface area contributed by atoms with Crippen LogP contribution in [-0.4, -0.2) is 26.7 Å². The molecule has 2 nitrogen and oxygen atoms in total. The van der Waals surface area contributed by atoms with Gasteiger partial charge in [0.15, 0.2) is 0 Å². The normalized spacial score (nSPS) is 16.2. The van der Waals surface area contributed by atoms with Crippen LogP contribution >= 0.6 is 0 Å². The van der Waals surface area contributed by atoms with Crippen LogP contribution in [0.1, 0.15) is 5.56 Å². The molecule has 0 aromatic heterocycles. The second kappa shape index (κ2) is 4.19. The third-order valence-corrected chi connectivity index (χ3v) is 2.98. The van der Waals surface area contributed by atoms with E-state index >= 15 is 0 Å². The summed E-state index contributed by atoms with van der Waals surface area (Å²) in [5, 5.41) is 3.25. The van der Waals surface area contributed by atoms with Gasteiger partial charge in [-0.25, -0.2) is 4.39 Å². The number of aryl methyl sites for hydroxylation is 1. The second-order valence-corrected chi connectivity index (χ2v) is 4.34. The number of rotatable bonds is 3. The Bertz CT molecular complexity index is 347. The molecule has 1 N–H and O–H groups in total. The topological polar surface area (TPSA) is 15.3 Å². The van der Waals surface area contributed by atoms with E-state index < -0.39 is 0 Å². The Labute approximate surface area is 90.1 Å². The fourth-order valence-corrected chi connectivity index (χ4v) is 1.84. The highest BCUT2D eigenvalue weighted by atomic mass is 19.1. The van der Waals surface area contributed by atoms with Crippen molar-refractivity contribution in [3.8, 4) is 0 Å². The Kier molecular flexibility index (Phi) is 2.91. The smallest absolute Gasteiger partial charge is 0.126 e. The lowest BCUT2D eigenvalue weighted by Gasteiger charge is -2.32. The van der Waals surface area contributed by atoms with Crippen molar-refractivity contribution in [1.29, 1.82) is 0 Å². The molecular formula is C12H17FN2. The van der Waals surface area contributed by atoms with Crippen LogP contribution in [0.5, 0.6) is 0 Å². The first-order chi connectivity index (χ1) is 7.16. The van der Waals surface area contributed by atoms with Crippen LogP contribution < -0.4 is 10.2 Å². The Balaban J connectivity index is 2.03. The minimum Gasteiger partial charge on any atom is -0.374 e. The highest BCUT2D eigenvalue weighted by Crippen LogP contribution is 2.18. The van der Waals surface area contributed by atoms with E-state index in [9.17, 15) is 4.39 Å². The predicted octanol–water partition coefficient (Wildman–Crippen LogP) is 1.79. The summed E-state index contributed by atoms with van der Waals surface area (Å²) >= 11 is 0. The van der Waals surface area contributed by atoms with Crippen LogP contribution in [0, 0.1) is 18.7 Å². The monoisotopic (exact) mass is 208 g/mol. The molecule has 1 aliphatic rings. The molecule has 1 saturated heterocycles. The summed E-state index contributed by atoms with van der Waals surface area (Å²) in [5.74, 6) is 0.609. The zero-order valence-corrected chi connectivity index (χ0v) is 9.26. The average Bonchev–Trinajstić information content (AvgIpc) is 2.15. The van der Waals surface area contributed by atoms with E-state index in [-0.39, 0.29) is 5.82 Å². The zero-order valence-electron chi connectivity index (χ0n) is 9.26. The quantitative estimate of drug-likeness (QED) is 0.814. The van der Waals surface area contributed by atoms with Gasteiger partial charge in [0, 0.05) is 38.3 Å². The van der Waals surface area contributed by atoms with Crippen molar-refractivity contribution < 1.29 is 4.39 Å². The van der Waals surface area contributed by atoms with Crippen molar-refractivity contribution in [3.05, 3.63) is 29.6 Å². The van der Waals surface area contributed by atoms with Gasteiger partial charge in [0.05, 0.1) is 0 Å². The lowest BCUT2D eigenvalue weighted by atomic mass is 10.0. The Hall–Kier alpha value is -1.09. The molecule has 1 aromatic carbocycles. The van der Waals surface area contributed by atoms with E-state index in [1.807, 2.05) is 12.1 Å². The average molecular weight is 208 g/mol. The first-order valence-corrected chi connectivity index (χ1v) is 5.35. The molecule has 0 saturated carbocycles. The standard InChI is InChI=1S/C12H17FN2/c1-9-5-11(3-4-12(9)13)15(2)8-10-6-14-7-10/h3-5,10,14H,6-8H2,1-2H3. The van der Waals surface area contributed by atoms with Crippen LogP contribution in [0.25, 0.3) is 0 Å². The number of benzene rings is 1. The molecule has 1 aliphatic heterocycles. The van der Waals surface area contributed by atoms with Crippen molar-refractivity contribution in [3.63, 3.8) is 0 Å². The Morgan fingerprint density at radius 1 is 1.47 bits per heavy atom. The molecule has 0 aliphatic carbocycles. The fourth-order valence-electron chi connectivity index (χ4n) is 1.84. The van der Waals surface area contributed by atoms with Gasteiger partial charge in [0.2, 0.25) is 0 Å². The third kappa shape index (κ3) is 2.29. The molecule has 82 valence electrons. The molecule has 1 heterocycles. The van der Waals surface area contributed by atoms with Crippen LogP contribution in [-0.2, 0) is 0 Å². The first kappa shape index (κ1) is 10.4. The van der Waals surface area contributed by atoms with E-state index in [0.717, 1.165) is 31.2 Å². The highest BCUT2D eigenvalue weighted by molar-refractivity contribution is 5.48. The van der Waals surface area contributed by atoms with E-state index in [0.29, 0.717) is 5.56 Å². The van der Waals surface area contributed by atoms with Crippen molar-refractivity contribution in [2.24, 2.45) is 5.92 Å².